The number of hydrogen-bond donors (Lipinski definition) is 1. The van der Waals surface area contributed by atoms with Crippen LogP contribution < -0.4 is 5.32 Å². The summed E-state index contributed by atoms with van der Waals surface area (Å²) in [7, 11) is 4.24. The van der Waals surface area contributed by atoms with Gasteiger partial charge in [0.1, 0.15) is 0 Å². The molecule has 2 nitrogen and oxygen atoms in total. The zero-order valence-corrected chi connectivity index (χ0v) is 11.9. The van der Waals surface area contributed by atoms with Gasteiger partial charge in [-0.3, -0.25) is 0 Å². The summed E-state index contributed by atoms with van der Waals surface area (Å²) >= 11 is 0. The maximum absolute atomic E-state index is 3.57. The first-order valence-electron chi connectivity index (χ1n) is 6.43. The second-order valence-electron chi connectivity index (χ2n) is 5.29. The van der Waals surface area contributed by atoms with E-state index in [9.17, 15) is 0 Å². The van der Waals surface area contributed by atoms with Crippen LogP contribution in [0.4, 0.5) is 0 Å². The first kappa shape index (κ1) is 14.2. The number of nitrogens with one attached hydrogen (secondary N) is 1. The van der Waals surface area contributed by atoms with Crippen molar-refractivity contribution in [3.8, 4) is 0 Å². The lowest BCUT2D eigenvalue weighted by atomic mass is 10.1. The maximum Gasteiger partial charge on any atom is 0.0208 e. The van der Waals surface area contributed by atoms with Crippen LogP contribution in [0.5, 0.6) is 0 Å². The van der Waals surface area contributed by atoms with Crippen molar-refractivity contribution < 1.29 is 0 Å². The van der Waals surface area contributed by atoms with Gasteiger partial charge in [0, 0.05) is 12.6 Å². The van der Waals surface area contributed by atoms with Crippen LogP contribution in [0.15, 0.2) is 18.2 Å². The lowest BCUT2D eigenvalue weighted by Crippen LogP contribution is -2.29. The first-order chi connectivity index (χ1) is 7.99. The van der Waals surface area contributed by atoms with Gasteiger partial charge in [0.05, 0.1) is 0 Å². The van der Waals surface area contributed by atoms with E-state index in [0.717, 1.165) is 13.1 Å². The van der Waals surface area contributed by atoms with Gasteiger partial charge in [0.2, 0.25) is 0 Å². The summed E-state index contributed by atoms with van der Waals surface area (Å²) in [6.07, 6.45) is 1.19. The fourth-order valence-electron chi connectivity index (χ4n) is 1.76. The number of aryl methyl sites for hydroxylation is 2. The van der Waals surface area contributed by atoms with Gasteiger partial charge in [-0.1, -0.05) is 18.2 Å². The van der Waals surface area contributed by atoms with Crippen LogP contribution in [0.3, 0.4) is 0 Å². The average Bonchev–Trinajstić information content (AvgIpc) is 2.28. The number of nitrogens with zero attached hydrogens (tertiary/aromatic N) is 1. The van der Waals surface area contributed by atoms with Crippen LogP contribution >= 0.6 is 0 Å². The number of rotatable bonds is 6. The highest BCUT2D eigenvalue weighted by molar-refractivity contribution is 5.29. The Hall–Kier alpha value is -0.860. The second kappa shape index (κ2) is 6.77. The zero-order valence-electron chi connectivity index (χ0n) is 11.9. The number of benzene rings is 1. The highest BCUT2D eigenvalue weighted by atomic mass is 15.1. The third-order valence-corrected chi connectivity index (χ3v) is 3.24. The fourth-order valence-corrected chi connectivity index (χ4v) is 1.76. The minimum atomic E-state index is 0.569. The molecule has 1 aromatic carbocycles. The first-order valence-corrected chi connectivity index (χ1v) is 6.43. The van der Waals surface area contributed by atoms with Crippen molar-refractivity contribution in [2.24, 2.45) is 0 Å². The molecule has 0 saturated heterocycles. The van der Waals surface area contributed by atoms with Crippen molar-refractivity contribution in [1.29, 1.82) is 0 Å². The van der Waals surface area contributed by atoms with E-state index in [1.54, 1.807) is 0 Å². The normalized spacial score (nSPS) is 13.1. The van der Waals surface area contributed by atoms with Crippen LogP contribution in [0, 0.1) is 13.8 Å². The quantitative estimate of drug-likeness (QED) is 0.814. The summed E-state index contributed by atoms with van der Waals surface area (Å²) in [6.45, 7) is 8.70. The largest absolute Gasteiger partial charge is 0.310 e. The molecule has 1 rings (SSSR count). The Labute approximate surface area is 106 Å². The SMILES string of the molecule is Cc1ccc(CNC(C)CCN(C)C)cc1C. The molecule has 1 N–H and O–H groups in total. The standard InChI is InChI=1S/C15H26N2/c1-12-6-7-15(10-13(12)2)11-16-14(3)8-9-17(4)5/h6-7,10,14,16H,8-9,11H2,1-5H3. The highest BCUT2D eigenvalue weighted by Gasteiger charge is 2.03. The molecule has 0 aliphatic carbocycles. The van der Waals surface area contributed by atoms with Crippen LogP contribution in [-0.4, -0.2) is 31.6 Å². The van der Waals surface area contributed by atoms with E-state index < -0.39 is 0 Å². The molecule has 0 heterocycles. The number of hydrogen-bond acceptors (Lipinski definition) is 2. The zero-order chi connectivity index (χ0) is 12.8. The van der Waals surface area contributed by atoms with Crippen molar-refractivity contribution in [1.82, 2.24) is 10.2 Å². The maximum atomic E-state index is 3.57. The molecule has 1 atom stereocenters. The second-order valence-corrected chi connectivity index (χ2v) is 5.29. The Morgan fingerprint density at radius 1 is 1.18 bits per heavy atom. The summed E-state index contributed by atoms with van der Waals surface area (Å²) in [6, 6.07) is 7.27. The fraction of sp³-hybridized carbons (Fsp3) is 0.600. The molecule has 0 saturated carbocycles. The van der Waals surface area contributed by atoms with E-state index in [1.165, 1.54) is 23.1 Å². The minimum Gasteiger partial charge on any atom is -0.310 e. The van der Waals surface area contributed by atoms with E-state index in [0.29, 0.717) is 6.04 Å². The predicted octanol–water partition coefficient (Wildman–Crippen LogP) is 2.73. The molecule has 17 heavy (non-hydrogen) atoms. The average molecular weight is 234 g/mol. The van der Waals surface area contributed by atoms with Crippen molar-refractivity contribution in [3.63, 3.8) is 0 Å². The Morgan fingerprint density at radius 2 is 1.88 bits per heavy atom. The lowest BCUT2D eigenvalue weighted by Gasteiger charge is -2.17. The molecule has 0 amide bonds. The molecule has 0 spiro atoms. The summed E-state index contributed by atoms with van der Waals surface area (Å²) in [5, 5.41) is 3.57. The minimum absolute atomic E-state index is 0.569. The molecule has 0 fully saturated rings. The van der Waals surface area contributed by atoms with Crippen molar-refractivity contribution in [2.75, 3.05) is 20.6 Å². The topological polar surface area (TPSA) is 15.3 Å². The van der Waals surface area contributed by atoms with Crippen molar-refractivity contribution in [2.45, 2.75) is 39.8 Å². The Morgan fingerprint density at radius 3 is 2.47 bits per heavy atom. The third-order valence-electron chi connectivity index (χ3n) is 3.24. The Balaban J connectivity index is 2.36. The molecule has 0 aliphatic rings. The van der Waals surface area contributed by atoms with Gasteiger partial charge in [0.25, 0.3) is 0 Å². The van der Waals surface area contributed by atoms with Gasteiger partial charge >= 0.3 is 0 Å². The molecule has 96 valence electrons. The smallest absolute Gasteiger partial charge is 0.0208 e. The molecule has 1 aromatic rings. The van der Waals surface area contributed by atoms with Crippen LogP contribution in [0.2, 0.25) is 0 Å². The van der Waals surface area contributed by atoms with E-state index in [-0.39, 0.29) is 0 Å². The van der Waals surface area contributed by atoms with E-state index >= 15 is 0 Å². The Bertz CT molecular complexity index is 345. The van der Waals surface area contributed by atoms with E-state index in [4.69, 9.17) is 0 Å². The van der Waals surface area contributed by atoms with Crippen LogP contribution in [0.25, 0.3) is 0 Å². The van der Waals surface area contributed by atoms with Crippen LogP contribution in [-0.2, 0) is 6.54 Å². The monoisotopic (exact) mass is 234 g/mol. The summed E-state index contributed by atoms with van der Waals surface area (Å²) in [5.74, 6) is 0. The Kier molecular flexibility index (Phi) is 5.66. The summed E-state index contributed by atoms with van der Waals surface area (Å²) < 4.78 is 0. The van der Waals surface area contributed by atoms with Gasteiger partial charge in [-0.2, -0.15) is 0 Å². The molecular formula is C15H26N2. The van der Waals surface area contributed by atoms with Crippen LogP contribution in [0.1, 0.15) is 30.0 Å². The van der Waals surface area contributed by atoms with Gasteiger partial charge in [0.15, 0.2) is 0 Å². The molecule has 0 aromatic heterocycles. The van der Waals surface area contributed by atoms with Crippen molar-refractivity contribution in [3.05, 3.63) is 34.9 Å². The van der Waals surface area contributed by atoms with E-state index in [2.05, 4.69) is 63.3 Å². The van der Waals surface area contributed by atoms with Gasteiger partial charge < -0.3 is 10.2 Å². The molecule has 0 aliphatic heterocycles. The molecule has 1 unspecified atom stereocenters. The third kappa shape index (κ3) is 5.33. The molecule has 0 radical (unpaired) electrons. The predicted molar refractivity (Wildman–Crippen MR) is 75.4 cm³/mol. The molecule has 2 heteroatoms. The van der Waals surface area contributed by atoms with E-state index in [1.807, 2.05) is 0 Å². The molecular weight excluding hydrogens is 208 g/mol. The van der Waals surface area contributed by atoms with Crippen molar-refractivity contribution >= 4 is 0 Å². The van der Waals surface area contributed by atoms with Gasteiger partial charge in [-0.15, -0.1) is 0 Å². The van der Waals surface area contributed by atoms with Gasteiger partial charge in [-0.25, -0.2) is 0 Å². The molecule has 0 bridgehead atoms. The van der Waals surface area contributed by atoms with Gasteiger partial charge in [-0.05, 0) is 64.5 Å². The highest BCUT2D eigenvalue weighted by Crippen LogP contribution is 2.09. The summed E-state index contributed by atoms with van der Waals surface area (Å²) in [5.41, 5.74) is 4.13. The lowest BCUT2D eigenvalue weighted by molar-refractivity contribution is 0.365. The summed E-state index contributed by atoms with van der Waals surface area (Å²) in [4.78, 5) is 2.23.